The molecule has 0 radical (unpaired) electrons. The van der Waals surface area contributed by atoms with Gasteiger partial charge in [0.1, 0.15) is 5.82 Å². The largest absolute Gasteiger partial charge is 0.385 e. The number of aliphatic hydroxyl groups is 1. The molecule has 0 aliphatic heterocycles. The van der Waals surface area contributed by atoms with E-state index in [-0.39, 0.29) is 11.7 Å². The van der Waals surface area contributed by atoms with Crippen molar-refractivity contribution in [1.29, 1.82) is 0 Å². The second-order valence-corrected chi connectivity index (χ2v) is 4.60. The van der Waals surface area contributed by atoms with Crippen LogP contribution in [0.2, 0.25) is 0 Å². The van der Waals surface area contributed by atoms with Gasteiger partial charge in [-0.3, -0.25) is 0 Å². The minimum absolute atomic E-state index is 0.250. The lowest BCUT2D eigenvalue weighted by Gasteiger charge is -2.12. The van der Waals surface area contributed by atoms with Crippen LogP contribution in [0.15, 0.2) is 18.2 Å². The van der Waals surface area contributed by atoms with Gasteiger partial charge in [0.15, 0.2) is 0 Å². The van der Waals surface area contributed by atoms with E-state index >= 15 is 0 Å². The van der Waals surface area contributed by atoms with Crippen molar-refractivity contribution in [2.45, 2.75) is 38.7 Å². The maximum atomic E-state index is 13.6. The summed E-state index contributed by atoms with van der Waals surface area (Å²) >= 11 is 0. The quantitative estimate of drug-likeness (QED) is 0.809. The molecule has 82 valence electrons. The first-order valence-electron chi connectivity index (χ1n) is 5.57. The van der Waals surface area contributed by atoms with Gasteiger partial charge in [0.25, 0.3) is 0 Å². The Morgan fingerprint density at radius 1 is 1.53 bits per heavy atom. The summed E-state index contributed by atoms with van der Waals surface area (Å²) in [5.74, 6) is -0.0178. The highest BCUT2D eigenvalue weighted by Crippen LogP contribution is 2.54. The van der Waals surface area contributed by atoms with E-state index in [0.717, 1.165) is 18.4 Å². The molecule has 1 N–H and O–H groups in total. The molecule has 1 nitrogen and oxygen atoms in total. The fourth-order valence-corrected chi connectivity index (χ4v) is 2.31. The van der Waals surface area contributed by atoms with Crippen LogP contribution >= 0.6 is 0 Å². The normalized spacial score (nSPS) is 29.2. The molecule has 1 aromatic carbocycles. The molecule has 0 spiro atoms. The van der Waals surface area contributed by atoms with Crippen LogP contribution < -0.4 is 0 Å². The van der Waals surface area contributed by atoms with Gasteiger partial charge in [0, 0.05) is 5.56 Å². The zero-order valence-corrected chi connectivity index (χ0v) is 9.26. The molecule has 1 aliphatic carbocycles. The van der Waals surface area contributed by atoms with E-state index in [2.05, 4.69) is 6.92 Å². The summed E-state index contributed by atoms with van der Waals surface area (Å²) in [6.07, 6.45) is 2.73. The van der Waals surface area contributed by atoms with Gasteiger partial charge in [-0.2, -0.15) is 0 Å². The predicted molar refractivity (Wildman–Crippen MR) is 58.0 cm³/mol. The third kappa shape index (κ3) is 1.78. The fraction of sp³-hybridized carbons (Fsp3) is 0.538. The fourth-order valence-electron chi connectivity index (χ4n) is 2.31. The SMILES string of the molecule is CCCC1CC1(O)c1ccc(C)cc1F. The molecule has 2 atom stereocenters. The van der Waals surface area contributed by atoms with E-state index in [0.29, 0.717) is 12.0 Å². The summed E-state index contributed by atoms with van der Waals surface area (Å²) in [7, 11) is 0. The van der Waals surface area contributed by atoms with Crippen LogP contribution in [0, 0.1) is 18.7 Å². The molecule has 0 bridgehead atoms. The summed E-state index contributed by atoms with van der Waals surface area (Å²) in [5, 5.41) is 10.2. The van der Waals surface area contributed by atoms with E-state index < -0.39 is 5.60 Å². The van der Waals surface area contributed by atoms with Crippen molar-refractivity contribution in [3.8, 4) is 0 Å². The Morgan fingerprint density at radius 2 is 2.27 bits per heavy atom. The highest BCUT2D eigenvalue weighted by Gasteiger charge is 2.54. The zero-order chi connectivity index (χ0) is 11.1. The van der Waals surface area contributed by atoms with Gasteiger partial charge in [-0.15, -0.1) is 0 Å². The van der Waals surface area contributed by atoms with Crippen LogP contribution in [-0.2, 0) is 5.60 Å². The third-order valence-electron chi connectivity index (χ3n) is 3.30. The topological polar surface area (TPSA) is 20.2 Å². The van der Waals surface area contributed by atoms with E-state index in [1.54, 1.807) is 6.07 Å². The number of hydrogen-bond acceptors (Lipinski definition) is 1. The van der Waals surface area contributed by atoms with Crippen molar-refractivity contribution in [2.75, 3.05) is 0 Å². The summed E-state index contributed by atoms with van der Waals surface area (Å²) < 4.78 is 13.6. The summed E-state index contributed by atoms with van der Waals surface area (Å²) in [4.78, 5) is 0. The monoisotopic (exact) mass is 208 g/mol. The van der Waals surface area contributed by atoms with E-state index in [1.165, 1.54) is 6.07 Å². The average Bonchev–Trinajstić information content (AvgIpc) is 2.78. The number of halogens is 1. The van der Waals surface area contributed by atoms with Crippen molar-refractivity contribution >= 4 is 0 Å². The highest BCUT2D eigenvalue weighted by molar-refractivity contribution is 5.33. The summed E-state index contributed by atoms with van der Waals surface area (Å²) in [6, 6.07) is 5.08. The van der Waals surface area contributed by atoms with Crippen molar-refractivity contribution in [2.24, 2.45) is 5.92 Å². The molecule has 1 aliphatic rings. The van der Waals surface area contributed by atoms with E-state index in [9.17, 15) is 9.50 Å². The lowest BCUT2D eigenvalue weighted by molar-refractivity contribution is 0.124. The zero-order valence-electron chi connectivity index (χ0n) is 9.26. The molecular formula is C13H17FO. The molecule has 15 heavy (non-hydrogen) atoms. The van der Waals surface area contributed by atoms with Gasteiger partial charge in [-0.25, -0.2) is 4.39 Å². The van der Waals surface area contributed by atoms with Crippen molar-refractivity contribution in [3.63, 3.8) is 0 Å². The lowest BCUT2D eigenvalue weighted by Crippen LogP contribution is -2.11. The molecule has 0 saturated heterocycles. The van der Waals surface area contributed by atoms with Crippen molar-refractivity contribution < 1.29 is 9.50 Å². The Hall–Kier alpha value is -0.890. The van der Waals surface area contributed by atoms with Crippen LogP contribution in [0.5, 0.6) is 0 Å². The first-order valence-corrected chi connectivity index (χ1v) is 5.57. The Morgan fingerprint density at radius 3 is 2.87 bits per heavy atom. The second kappa shape index (κ2) is 3.60. The van der Waals surface area contributed by atoms with Crippen molar-refractivity contribution in [3.05, 3.63) is 35.1 Å². The molecule has 2 heteroatoms. The number of hydrogen-bond donors (Lipinski definition) is 1. The Kier molecular flexibility index (Phi) is 2.55. The van der Waals surface area contributed by atoms with E-state index in [1.807, 2.05) is 13.0 Å². The first kappa shape index (κ1) is 10.6. The molecule has 0 aromatic heterocycles. The Balaban J connectivity index is 2.24. The number of benzene rings is 1. The van der Waals surface area contributed by atoms with Crippen LogP contribution in [0.1, 0.15) is 37.3 Å². The van der Waals surface area contributed by atoms with Crippen LogP contribution in [0.3, 0.4) is 0 Å². The maximum Gasteiger partial charge on any atom is 0.129 e. The number of aryl methyl sites for hydroxylation is 1. The van der Waals surface area contributed by atoms with Crippen LogP contribution in [0.25, 0.3) is 0 Å². The second-order valence-electron chi connectivity index (χ2n) is 4.60. The molecule has 1 saturated carbocycles. The summed E-state index contributed by atoms with van der Waals surface area (Å²) in [5.41, 5.74) is 0.493. The Bertz CT molecular complexity index is 375. The predicted octanol–water partition coefficient (Wildman–Crippen LogP) is 3.14. The van der Waals surface area contributed by atoms with Crippen LogP contribution in [-0.4, -0.2) is 5.11 Å². The minimum atomic E-state index is -0.881. The lowest BCUT2D eigenvalue weighted by atomic mass is 10.0. The van der Waals surface area contributed by atoms with Gasteiger partial charge in [-0.1, -0.05) is 25.5 Å². The molecular weight excluding hydrogens is 191 g/mol. The molecule has 0 amide bonds. The Labute approximate surface area is 89.9 Å². The van der Waals surface area contributed by atoms with Gasteiger partial charge in [0.2, 0.25) is 0 Å². The molecule has 2 unspecified atom stereocenters. The first-order chi connectivity index (χ1) is 7.08. The number of rotatable bonds is 3. The van der Waals surface area contributed by atoms with Gasteiger partial charge in [-0.05, 0) is 37.3 Å². The summed E-state index contributed by atoms with van der Waals surface area (Å²) in [6.45, 7) is 3.94. The standard InChI is InChI=1S/C13H17FO/c1-3-4-10-8-13(10,15)11-6-5-9(2)7-12(11)14/h5-7,10,15H,3-4,8H2,1-2H3. The molecule has 1 aromatic rings. The molecule has 0 heterocycles. The smallest absolute Gasteiger partial charge is 0.129 e. The highest BCUT2D eigenvalue weighted by atomic mass is 19.1. The third-order valence-corrected chi connectivity index (χ3v) is 3.30. The van der Waals surface area contributed by atoms with Gasteiger partial charge >= 0.3 is 0 Å². The average molecular weight is 208 g/mol. The molecule has 2 rings (SSSR count). The van der Waals surface area contributed by atoms with Crippen molar-refractivity contribution in [1.82, 2.24) is 0 Å². The van der Waals surface area contributed by atoms with Crippen LogP contribution in [0.4, 0.5) is 4.39 Å². The maximum absolute atomic E-state index is 13.6. The van der Waals surface area contributed by atoms with Gasteiger partial charge in [0.05, 0.1) is 5.60 Å². The van der Waals surface area contributed by atoms with Gasteiger partial charge < -0.3 is 5.11 Å². The van der Waals surface area contributed by atoms with E-state index in [4.69, 9.17) is 0 Å². The molecule has 1 fully saturated rings. The minimum Gasteiger partial charge on any atom is -0.385 e.